The van der Waals surface area contributed by atoms with Crippen LogP contribution >= 0.6 is 0 Å². The van der Waals surface area contributed by atoms with E-state index in [1.807, 2.05) is 13.8 Å². The van der Waals surface area contributed by atoms with Crippen molar-refractivity contribution in [3.8, 4) is 0 Å². The molecule has 0 aromatic rings. The number of rotatable bonds is 9. The summed E-state index contributed by atoms with van der Waals surface area (Å²) in [4.78, 5) is 12.7. The zero-order valence-electron chi connectivity index (χ0n) is 31.5. The highest BCUT2D eigenvalue weighted by molar-refractivity contribution is 6.73. The molecule has 0 radical (unpaired) electrons. The minimum atomic E-state index is -1.97. The van der Waals surface area contributed by atoms with Crippen LogP contribution in [-0.2, 0) is 13.9 Å². The van der Waals surface area contributed by atoms with Crippen LogP contribution in [0.5, 0.6) is 0 Å². The zero-order chi connectivity index (χ0) is 33.7. The van der Waals surface area contributed by atoms with Gasteiger partial charge in [-0.15, -0.1) is 0 Å². The van der Waals surface area contributed by atoms with Crippen LogP contribution in [0.3, 0.4) is 0 Å². The van der Waals surface area contributed by atoms with Crippen molar-refractivity contribution in [1.29, 1.82) is 0 Å². The molecular weight excluding hydrogens is 587 g/mol. The first-order valence-electron chi connectivity index (χ1n) is 19.5. The van der Waals surface area contributed by atoms with Crippen molar-refractivity contribution in [1.82, 2.24) is 5.32 Å². The highest BCUT2D eigenvalue weighted by Gasteiger charge is 2.84. The summed E-state index contributed by atoms with van der Waals surface area (Å²) in [6.45, 7) is 31.5. The first-order valence-corrected chi connectivity index (χ1v) is 22.0. The van der Waals surface area contributed by atoms with Gasteiger partial charge in [-0.25, -0.2) is 4.79 Å². The van der Waals surface area contributed by atoms with Crippen LogP contribution in [0.1, 0.15) is 128 Å². The Morgan fingerprint density at radius 1 is 0.957 bits per heavy atom. The van der Waals surface area contributed by atoms with Crippen molar-refractivity contribution < 1.29 is 18.7 Å². The molecule has 262 valence electrons. The second kappa shape index (κ2) is 11.6. The lowest BCUT2D eigenvalue weighted by Gasteiger charge is -2.64. The number of nitrogens with one attached hydrogen (secondary N) is 1. The molecule has 6 rings (SSSR count). The van der Waals surface area contributed by atoms with Gasteiger partial charge in [0, 0.05) is 12.0 Å². The fourth-order valence-electron chi connectivity index (χ4n) is 13.9. The Kier molecular flexibility index (Phi) is 8.83. The molecule has 0 aromatic heterocycles. The van der Waals surface area contributed by atoms with E-state index in [2.05, 4.69) is 74.2 Å². The standard InChI is InChI=1S/C40H69NO4Si/c1-13-41-35(42)44-32(25(5)6)28-23-26(7)31-33(43-28)34(45-46(14-2,15-3)16-4)38(12)30-18-17-29-36(9,10)27(8)19-20-39(29)24-40(30,39)22-21-37(31,38)11/h26-34H,5,13-24H2,1-4,6-12H3,(H,41,42)/t26-,27+,28-,29+,30+,31+,32-,33+,34+,37-,38-,39-,40+/m1/s1. The van der Waals surface area contributed by atoms with Gasteiger partial charge in [-0.2, -0.15) is 0 Å². The van der Waals surface area contributed by atoms with Crippen LogP contribution in [0, 0.1) is 56.7 Å². The molecule has 5 saturated carbocycles. The Labute approximate surface area is 283 Å². The van der Waals surface area contributed by atoms with Gasteiger partial charge in [0.25, 0.3) is 0 Å². The summed E-state index contributed by atoms with van der Waals surface area (Å²) in [5.41, 5.74) is 2.50. The fraction of sp³-hybridized carbons (Fsp3) is 0.925. The third-order valence-electron chi connectivity index (χ3n) is 17.0. The van der Waals surface area contributed by atoms with Gasteiger partial charge < -0.3 is 19.2 Å². The van der Waals surface area contributed by atoms with Gasteiger partial charge >= 0.3 is 6.09 Å². The lowest BCUT2D eigenvalue weighted by atomic mass is 9.41. The maximum atomic E-state index is 12.7. The van der Waals surface area contributed by atoms with Crippen LogP contribution in [0.15, 0.2) is 12.2 Å². The predicted molar refractivity (Wildman–Crippen MR) is 190 cm³/mol. The smallest absolute Gasteiger partial charge is 0.407 e. The van der Waals surface area contributed by atoms with Crippen LogP contribution in [0.4, 0.5) is 4.79 Å². The Hall–Kier alpha value is -0.853. The zero-order valence-corrected chi connectivity index (χ0v) is 32.5. The van der Waals surface area contributed by atoms with E-state index in [9.17, 15) is 4.79 Å². The van der Waals surface area contributed by atoms with Crippen LogP contribution < -0.4 is 5.32 Å². The molecule has 0 aromatic carbocycles. The second-order valence-corrected chi connectivity index (χ2v) is 23.2. The molecule has 2 spiro atoms. The van der Waals surface area contributed by atoms with Gasteiger partial charge in [0.2, 0.25) is 0 Å². The molecule has 5 nitrogen and oxygen atoms in total. The summed E-state index contributed by atoms with van der Waals surface area (Å²) in [7, 11) is -1.97. The van der Waals surface area contributed by atoms with E-state index in [1.165, 1.54) is 44.9 Å². The molecule has 1 N–H and O–H groups in total. The number of ether oxygens (including phenoxy) is 2. The second-order valence-electron chi connectivity index (χ2n) is 18.5. The number of fused-ring (bicyclic) bond motifs is 4. The number of alkyl carbamates (subject to hydrolysis) is 1. The normalized spacial score (nSPS) is 47.7. The fourth-order valence-corrected chi connectivity index (χ4v) is 16.9. The van der Waals surface area contributed by atoms with E-state index in [4.69, 9.17) is 13.9 Å². The molecular formula is C40H69NO4Si. The molecule has 46 heavy (non-hydrogen) atoms. The predicted octanol–water partition coefficient (Wildman–Crippen LogP) is 10.2. The van der Waals surface area contributed by atoms with Crippen molar-refractivity contribution in [3.05, 3.63) is 12.2 Å². The highest BCUT2D eigenvalue weighted by Crippen LogP contribution is 2.89. The van der Waals surface area contributed by atoms with E-state index in [1.54, 1.807) is 0 Å². The lowest BCUT2D eigenvalue weighted by Crippen LogP contribution is -2.60. The largest absolute Gasteiger partial charge is 0.439 e. The Bertz CT molecular complexity index is 1190. The van der Waals surface area contributed by atoms with Crippen LogP contribution in [0.25, 0.3) is 0 Å². The number of hydrogen-bond acceptors (Lipinski definition) is 4. The quantitative estimate of drug-likeness (QED) is 0.198. The minimum absolute atomic E-state index is 0.0188. The van der Waals surface area contributed by atoms with Gasteiger partial charge in [0.05, 0.1) is 18.3 Å². The summed E-state index contributed by atoms with van der Waals surface area (Å²) in [5.74, 6) is 3.25. The van der Waals surface area contributed by atoms with Gasteiger partial charge in [-0.3, -0.25) is 0 Å². The van der Waals surface area contributed by atoms with E-state index in [-0.39, 0.29) is 35.2 Å². The number of carbonyl (C=O) groups is 1. The summed E-state index contributed by atoms with van der Waals surface area (Å²) >= 11 is 0. The Balaban J connectivity index is 1.43. The average Bonchev–Trinajstić information content (AvgIpc) is 3.64. The van der Waals surface area contributed by atoms with Crippen molar-refractivity contribution in [3.63, 3.8) is 0 Å². The lowest BCUT2D eigenvalue weighted by molar-refractivity contribution is -0.172. The number of carbonyl (C=O) groups excluding carboxylic acids is 1. The molecule has 1 aliphatic heterocycles. The number of amides is 1. The van der Waals surface area contributed by atoms with Crippen LogP contribution in [0.2, 0.25) is 18.1 Å². The molecule has 5 aliphatic carbocycles. The molecule has 13 atom stereocenters. The van der Waals surface area contributed by atoms with E-state index < -0.39 is 14.4 Å². The SMILES string of the molecule is C=C(C)[C@@H](OC(=O)NCC)[C@H]1C[C@@H](C)[C@H]2[C@H](O1)[C@H](O[Si](CC)(CC)CC)[C@@]1(C)[C@@H]3CC[C@H]4C(C)(C)[C@@H](C)CC[C@@]45C[C@@]35CC[C@]21C. The summed E-state index contributed by atoms with van der Waals surface area (Å²) in [6, 6.07) is 3.47. The molecule has 1 amide bonds. The topological polar surface area (TPSA) is 56.8 Å². The molecule has 6 aliphatic rings. The Morgan fingerprint density at radius 3 is 2.20 bits per heavy atom. The summed E-state index contributed by atoms with van der Waals surface area (Å²) < 4.78 is 21.3. The maximum Gasteiger partial charge on any atom is 0.407 e. The van der Waals surface area contributed by atoms with Gasteiger partial charge in [-0.1, -0.05) is 68.9 Å². The third kappa shape index (κ3) is 4.52. The van der Waals surface area contributed by atoms with E-state index in [0.717, 1.165) is 42.0 Å². The Morgan fingerprint density at radius 2 is 1.59 bits per heavy atom. The van der Waals surface area contributed by atoms with Gasteiger partial charge in [0.15, 0.2) is 14.4 Å². The van der Waals surface area contributed by atoms with Crippen molar-refractivity contribution in [2.24, 2.45) is 56.7 Å². The summed E-state index contributed by atoms with van der Waals surface area (Å²) in [5, 5.41) is 2.84. The van der Waals surface area contributed by atoms with Gasteiger partial charge in [0.1, 0.15) is 0 Å². The minimum Gasteiger partial charge on any atom is -0.439 e. The third-order valence-corrected chi connectivity index (χ3v) is 21.6. The number of hydrogen-bond donors (Lipinski definition) is 1. The van der Waals surface area contributed by atoms with Gasteiger partial charge in [-0.05, 0) is 140 Å². The molecule has 0 bridgehead atoms. The molecule has 6 fully saturated rings. The first kappa shape index (κ1) is 35.0. The summed E-state index contributed by atoms with van der Waals surface area (Å²) in [6.07, 6.45) is 9.66. The average molecular weight is 656 g/mol. The first-order chi connectivity index (χ1) is 21.6. The molecule has 0 unspecified atom stereocenters. The molecule has 1 saturated heterocycles. The maximum absolute atomic E-state index is 12.7. The van der Waals surface area contributed by atoms with Crippen molar-refractivity contribution >= 4 is 14.4 Å². The molecule has 1 heterocycles. The van der Waals surface area contributed by atoms with Crippen LogP contribution in [-0.4, -0.2) is 45.4 Å². The van der Waals surface area contributed by atoms with Crippen molar-refractivity contribution in [2.45, 2.75) is 170 Å². The van der Waals surface area contributed by atoms with E-state index in [0.29, 0.717) is 40.5 Å². The van der Waals surface area contributed by atoms with E-state index >= 15 is 0 Å². The monoisotopic (exact) mass is 655 g/mol. The van der Waals surface area contributed by atoms with Crippen molar-refractivity contribution in [2.75, 3.05) is 6.54 Å². The highest BCUT2D eigenvalue weighted by atomic mass is 28.4. The molecule has 6 heteroatoms.